The van der Waals surface area contributed by atoms with Crippen LogP contribution in [0.25, 0.3) is 0 Å². The molecule has 0 rings (SSSR count). The van der Waals surface area contributed by atoms with Crippen molar-refractivity contribution in [1.29, 1.82) is 0 Å². The first-order valence-electron chi connectivity index (χ1n) is 3.47. The molecule has 0 spiro atoms. The predicted molar refractivity (Wildman–Crippen MR) is 51.8 cm³/mol. The number of hydrogen-bond donors (Lipinski definition) is 0. The molecule has 2 radical (unpaired) electrons. The Morgan fingerprint density at radius 1 is 1.67 bits per heavy atom. The van der Waals surface area contributed by atoms with Crippen molar-refractivity contribution >= 4 is 38.7 Å². The molecule has 0 unspecified atom stereocenters. The summed E-state index contributed by atoms with van der Waals surface area (Å²) in [6.07, 6.45) is 1.95. The van der Waals surface area contributed by atoms with Crippen LogP contribution < -0.4 is 0 Å². The van der Waals surface area contributed by atoms with Crippen molar-refractivity contribution in [1.82, 2.24) is 0 Å². The van der Waals surface area contributed by atoms with Gasteiger partial charge in [0, 0.05) is 6.08 Å². The summed E-state index contributed by atoms with van der Waals surface area (Å²) in [4.78, 5) is 10.5. The van der Waals surface area contributed by atoms with Crippen LogP contribution in [0.15, 0.2) is 12.7 Å². The average Bonchev–Trinajstić information content (AvgIpc) is 2.03. The van der Waals surface area contributed by atoms with Gasteiger partial charge in [-0.15, -0.1) is 23.2 Å². The molecule has 5 heteroatoms. The summed E-state index contributed by atoms with van der Waals surface area (Å²) in [5.74, 6) is -0.383. The first-order valence-corrected chi connectivity index (χ1v) is 5.63. The largest absolute Gasteiger partial charge is 0.463 e. The molecular formula is C7H10Cl2O2Si. The molecule has 0 aromatic carbocycles. The van der Waals surface area contributed by atoms with E-state index in [1.807, 2.05) is 0 Å². The number of ether oxygens (including phenoxy) is 1. The third kappa shape index (κ3) is 8.11. The molecule has 0 aliphatic carbocycles. The van der Waals surface area contributed by atoms with Crippen molar-refractivity contribution in [2.24, 2.45) is 0 Å². The molecule has 0 N–H and O–H groups in total. The molecule has 68 valence electrons. The molecule has 0 bridgehead atoms. The van der Waals surface area contributed by atoms with Crippen LogP contribution in [0.5, 0.6) is 0 Å². The highest BCUT2D eigenvalue weighted by Gasteiger charge is 2.00. The Labute approximate surface area is 84.7 Å². The zero-order chi connectivity index (χ0) is 9.40. The van der Waals surface area contributed by atoms with Gasteiger partial charge in [-0.3, -0.25) is 0 Å². The molecule has 0 amide bonds. The number of alkyl halides is 2. The Balaban J connectivity index is 3.11. The van der Waals surface area contributed by atoms with E-state index in [0.717, 1.165) is 18.5 Å². The van der Waals surface area contributed by atoms with Gasteiger partial charge in [0.1, 0.15) is 0 Å². The van der Waals surface area contributed by atoms with Crippen LogP contribution in [-0.2, 0) is 9.53 Å². The van der Waals surface area contributed by atoms with Crippen molar-refractivity contribution in [3.8, 4) is 0 Å². The Kier molecular flexibility index (Phi) is 7.65. The van der Waals surface area contributed by atoms with Gasteiger partial charge in [0.05, 0.1) is 20.6 Å². The standard InChI is InChI=1S/C7H10Cl2O2Si/c1-2-6(10)11-4-3-5-12-7(8)9/h2,7H,1,3-5H2. The summed E-state index contributed by atoms with van der Waals surface area (Å²) in [7, 11) is 0.506. The van der Waals surface area contributed by atoms with Crippen LogP contribution in [0, 0.1) is 0 Å². The Morgan fingerprint density at radius 3 is 2.83 bits per heavy atom. The lowest BCUT2D eigenvalue weighted by Crippen LogP contribution is -2.05. The number of carbonyl (C=O) groups excluding carboxylic acids is 1. The second kappa shape index (κ2) is 7.65. The minimum Gasteiger partial charge on any atom is -0.463 e. The molecule has 0 aliphatic rings. The molecule has 0 fully saturated rings. The first-order chi connectivity index (χ1) is 5.66. The van der Waals surface area contributed by atoms with E-state index in [1.165, 1.54) is 0 Å². The minimum atomic E-state index is -0.383. The number of halogens is 2. The van der Waals surface area contributed by atoms with Crippen molar-refractivity contribution in [2.75, 3.05) is 6.61 Å². The highest BCUT2D eigenvalue weighted by Crippen LogP contribution is 2.03. The van der Waals surface area contributed by atoms with Crippen molar-refractivity contribution in [2.45, 2.75) is 16.9 Å². The summed E-state index contributed by atoms with van der Waals surface area (Å²) in [6.45, 7) is 3.69. The molecule has 0 saturated heterocycles. The molecule has 0 aliphatic heterocycles. The maximum atomic E-state index is 10.5. The lowest BCUT2D eigenvalue weighted by Gasteiger charge is -2.01. The van der Waals surface area contributed by atoms with Crippen LogP contribution in [0.2, 0.25) is 6.04 Å². The molecular weight excluding hydrogens is 215 g/mol. The molecule has 0 atom stereocenters. The van der Waals surface area contributed by atoms with E-state index in [2.05, 4.69) is 6.58 Å². The highest BCUT2D eigenvalue weighted by atomic mass is 35.5. The minimum absolute atomic E-state index is 0.292. The third-order valence-electron chi connectivity index (χ3n) is 1.03. The zero-order valence-corrected chi connectivity index (χ0v) is 9.07. The normalized spacial score (nSPS) is 9.92. The number of esters is 1. The van der Waals surface area contributed by atoms with Crippen molar-refractivity contribution < 1.29 is 9.53 Å². The van der Waals surface area contributed by atoms with E-state index in [9.17, 15) is 4.79 Å². The monoisotopic (exact) mass is 224 g/mol. The van der Waals surface area contributed by atoms with Crippen molar-refractivity contribution in [3.05, 3.63) is 12.7 Å². The van der Waals surface area contributed by atoms with E-state index in [0.29, 0.717) is 16.1 Å². The number of hydrogen-bond acceptors (Lipinski definition) is 2. The van der Waals surface area contributed by atoms with Gasteiger partial charge in [-0.1, -0.05) is 12.6 Å². The third-order valence-corrected chi connectivity index (χ3v) is 2.91. The van der Waals surface area contributed by atoms with Gasteiger partial charge in [0.15, 0.2) is 0 Å². The van der Waals surface area contributed by atoms with E-state index in [-0.39, 0.29) is 10.4 Å². The van der Waals surface area contributed by atoms with Gasteiger partial charge in [-0.2, -0.15) is 0 Å². The van der Waals surface area contributed by atoms with E-state index < -0.39 is 0 Å². The maximum Gasteiger partial charge on any atom is 0.330 e. The van der Waals surface area contributed by atoms with E-state index in [4.69, 9.17) is 27.9 Å². The zero-order valence-electron chi connectivity index (χ0n) is 6.56. The fourth-order valence-electron chi connectivity index (χ4n) is 0.515. The van der Waals surface area contributed by atoms with E-state index >= 15 is 0 Å². The topological polar surface area (TPSA) is 26.3 Å². The molecule has 12 heavy (non-hydrogen) atoms. The Bertz CT molecular complexity index is 150. The summed E-state index contributed by atoms with van der Waals surface area (Å²) >= 11 is 11.0. The van der Waals surface area contributed by atoms with Crippen LogP contribution >= 0.6 is 23.2 Å². The molecule has 2 nitrogen and oxygen atoms in total. The fraction of sp³-hybridized carbons (Fsp3) is 0.571. The number of carbonyl (C=O) groups is 1. The SMILES string of the molecule is C=CC(=O)OCCC[Si]C(Cl)Cl. The van der Waals surface area contributed by atoms with Gasteiger partial charge in [0.25, 0.3) is 0 Å². The lowest BCUT2D eigenvalue weighted by atomic mass is 10.5. The van der Waals surface area contributed by atoms with E-state index in [1.54, 1.807) is 0 Å². The van der Waals surface area contributed by atoms with Gasteiger partial charge < -0.3 is 4.74 Å². The quantitative estimate of drug-likeness (QED) is 0.227. The van der Waals surface area contributed by atoms with Crippen LogP contribution in [-0.4, -0.2) is 26.6 Å². The second-order valence-corrected chi connectivity index (χ2v) is 5.29. The summed E-state index contributed by atoms with van der Waals surface area (Å²) in [5, 5.41) is 0. The second-order valence-electron chi connectivity index (χ2n) is 1.98. The number of rotatable bonds is 6. The molecule has 0 heterocycles. The van der Waals surface area contributed by atoms with Gasteiger partial charge in [-0.05, 0) is 6.42 Å². The first kappa shape index (κ1) is 12.0. The van der Waals surface area contributed by atoms with Crippen molar-refractivity contribution in [3.63, 3.8) is 0 Å². The van der Waals surface area contributed by atoms with Crippen LogP contribution in [0.4, 0.5) is 0 Å². The van der Waals surface area contributed by atoms with Crippen LogP contribution in [0.1, 0.15) is 6.42 Å². The lowest BCUT2D eigenvalue weighted by molar-refractivity contribution is -0.137. The summed E-state index contributed by atoms with van der Waals surface area (Å²) in [5.41, 5.74) is 0. The predicted octanol–water partition coefficient (Wildman–Crippen LogP) is 1.99. The Morgan fingerprint density at radius 2 is 2.33 bits per heavy atom. The van der Waals surface area contributed by atoms with Gasteiger partial charge >= 0.3 is 5.97 Å². The molecule has 0 saturated carbocycles. The van der Waals surface area contributed by atoms with Gasteiger partial charge in [0.2, 0.25) is 0 Å². The Hall–Kier alpha value is 0.00688. The summed E-state index contributed by atoms with van der Waals surface area (Å²) in [6, 6.07) is 0.891. The smallest absolute Gasteiger partial charge is 0.330 e. The van der Waals surface area contributed by atoms with Gasteiger partial charge in [-0.25, -0.2) is 4.79 Å². The highest BCUT2D eigenvalue weighted by molar-refractivity contribution is 6.68. The average molecular weight is 225 g/mol. The molecule has 0 aromatic rings. The summed E-state index contributed by atoms with van der Waals surface area (Å²) < 4.78 is 4.44. The fourth-order valence-corrected chi connectivity index (χ4v) is 1.74. The van der Waals surface area contributed by atoms with Crippen LogP contribution in [0.3, 0.4) is 0 Å². The molecule has 0 aromatic heterocycles. The maximum absolute atomic E-state index is 10.5.